The molecule has 0 aromatic heterocycles. The Kier molecular flexibility index (Phi) is 5.18. The third-order valence-corrected chi connectivity index (χ3v) is 3.42. The van der Waals surface area contributed by atoms with E-state index in [9.17, 15) is 0 Å². The molecule has 0 aromatic rings. The highest BCUT2D eigenvalue weighted by molar-refractivity contribution is 7.80. The van der Waals surface area contributed by atoms with Crippen molar-refractivity contribution in [2.45, 2.75) is 33.1 Å². The van der Waals surface area contributed by atoms with Gasteiger partial charge in [-0.2, -0.15) is 12.6 Å². The molecule has 0 aromatic carbocycles. The van der Waals surface area contributed by atoms with Crippen LogP contribution < -0.4 is 0 Å². The average Bonchev–Trinajstić information content (AvgIpc) is 2.30. The van der Waals surface area contributed by atoms with Crippen LogP contribution in [-0.2, 0) is 0 Å². The molecule has 1 heterocycles. The second-order valence-corrected chi connectivity index (χ2v) is 4.95. The van der Waals surface area contributed by atoms with Gasteiger partial charge in [0.1, 0.15) is 0 Å². The molecule has 0 N–H and O–H groups in total. The Balaban J connectivity index is 2.30. The SMILES string of the molecule is CC(C)C1CCCN(CCS)CC1. The molecule has 1 atom stereocenters. The summed E-state index contributed by atoms with van der Waals surface area (Å²) in [4.78, 5) is 2.56. The van der Waals surface area contributed by atoms with E-state index in [1.54, 1.807) is 0 Å². The first-order valence-electron chi connectivity index (χ1n) is 5.57. The van der Waals surface area contributed by atoms with Gasteiger partial charge in [-0.1, -0.05) is 13.8 Å². The number of likely N-dealkylation sites (tertiary alicyclic amines) is 1. The summed E-state index contributed by atoms with van der Waals surface area (Å²) in [6, 6.07) is 0. The second-order valence-electron chi connectivity index (χ2n) is 4.50. The minimum atomic E-state index is 0.871. The Morgan fingerprint density at radius 3 is 2.69 bits per heavy atom. The van der Waals surface area contributed by atoms with Gasteiger partial charge in [0, 0.05) is 12.3 Å². The molecule has 1 aliphatic heterocycles. The molecule has 1 fully saturated rings. The van der Waals surface area contributed by atoms with Gasteiger partial charge < -0.3 is 4.90 Å². The van der Waals surface area contributed by atoms with Gasteiger partial charge in [-0.05, 0) is 44.2 Å². The van der Waals surface area contributed by atoms with Crippen molar-refractivity contribution in [1.29, 1.82) is 0 Å². The van der Waals surface area contributed by atoms with Crippen LogP contribution in [0.4, 0.5) is 0 Å². The standard InChI is InChI=1S/C11H23NS/c1-10(2)11-4-3-6-12(7-5-11)8-9-13/h10-11,13H,3-9H2,1-2H3. The second kappa shape index (κ2) is 5.92. The topological polar surface area (TPSA) is 3.24 Å². The van der Waals surface area contributed by atoms with Crippen molar-refractivity contribution in [1.82, 2.24) is 4.90 Å². The molecule has 1 saturated heterocycles. The zero-order valence-corrected chi connectivity index (χ0v) is 9.89. The van der Waals surface area contributed by atoms with E-state index in [1.165, 1.54) is 38.9 Å². The van der Waals surface area contributed by atoms with Gasteiger partial charge in [0.15, 0.2) is 0 Å². The zero-order valence-electron chi connectivity index (χ0n) is 9.00. The van der Waals surface area contributed by atoms with Crippen molar-refractivity contribution in [2.24, 2.45) is 11.8 Å². The monoisotopic (exact) mass is 201 g/mol. The van der Waals surface area contributed by atoms with E-state index in [-0.39, 0.29) is 0 Å². The molecular formula is C11H23NS. The summed E-state index contributed by atoms with van der Waals surface area (Å²) in [5, 5.41) is 0. The van der Waals surface area contributed by atoms with Gasteiger partial charge in [-0.3, -0.25) is 0 Å². The van der Waals surface area contributed by atoms with Gasteiger partial charge in [-0.15, -0.1) is 0 Å². The summed E-state index contributed by atoms with van der Waals surface area (Å²) < 4.78 is 0. The van der Waals surface area contributed by atoms with Crippen molar-refractivity contribution >= 4 is 12.6 Å². The molecule has 0 bridgehead atoms. The van der Waals surface area contributed by atoms with E-state index in [4.69, 9.17) is 0 Å². The first-order chi connectivity index (χ1) is 6.24. The van der Waals surface area contributed by atoms with Gasteiger partial charge >= 0.3 is 0 Å². The molecule has 0 saturated carbocycles. The first kappa shape index (κ1) is 11.4. The van der Waals surface area contributed by atoms with Crippen molar-refractivity contribution < 1.29 is 0 Å². The number of rotatable bonds is 3. The van der Waals surface area contributed by atoms with Crippen LogP contribution in [0.2, 0.25) is 0 Å². The average molecular weight is 201 g/mol. The fraction of sp³-hybridized carbons (Fsp3) is 1.00. The van der Waals surface area contributed by atoms with E-state index in [1.807, 2.05) is 0 Å². The number of nitrogens with zero attached hydrogens (tertiary/aromatic N) is 1. The molecule has 0 spiro atoms. The molecule has 13 heavy (non-hydrogen) atoms. The van der Waals surface area contributed by atoms with E-state index in [0.717, 1.165) is 17.6 Å². The molecule has 1 nitrogen and oxygen atoms in total. The maximum Gasteiger partial charge on any atom is 0.00698 e. The maximum absolute atomic E-state index is 4.29. The molecule has 0 amide bonds. The van der Waals surface area contributed by atoms with Crippen LogP contribution in [0.25, 0.3) is 0 Å². The Bertz CT molecular complexity index is 136. The van der Waals surface area contributed by atoms with Crippen molar-refractivity contribution in [2.75, 3.05) is 25.4 Å². The van der Waals surface area contributed by atoms with Crippen molar-refractivity contribution in [3.05, 3.63) is 0 Å². The van der Waals surface area contributed by atoms with Gasteiger partial charge in [0.05, 0.1) is 0 Å². The molecule has 2 heteroatoms. The highest BCUT2D eigenvalue weighted by Gasteiger charge is 2.18. The third kappa shape index (κ3) is 3.90. The summed E-state index contributed by atoms with van der Waals surface area (Å²) in [5.74, 6) is 2.84. The first-order valence-corrected chi connectivity index (χ1v) is 6.20. The molecular weight excluding hydrogens is 178 g/mol. The summed E-state index contributed by atoms with van der Waals surface area (Å²) in [6.07, 6.45) is 4.21. The number of thiol groups is 1. The third-order valence-electron chi connectivity index (χ3n) is 3.22. The highest BCUT2D eigenvalue weighted by Crippen LogP contribution is 2.24. The number of hydrogen-bond acceptors (Lipinski definition) is 2. The fourth-order valence-corrected chi connectivity index (χ4v) is 2.50. The minimum absolute atomic E-state index is 0.871. The number of hydrogen-bond donors (Lipinski definition) is 1. The zero-order chi connectivity index (χ0) is 9.68. The van der Waals surface area contributed by atoms with E-state index in [0.29, 0.717) is 0 Å². The molecule has 1 aliphatic rings. The summed E-state index contributed by atoms with van der Waals surface area (Å²) in [7, 11) is 0. The quantitative estimate of drug-likeness (QED) is 0.687. The summed E-state index contributed by atoms with van der Waals surface area (Å²) in [6.45, 7) is 8.49. The summed E-state index contributed by atoms with van der Waals surface area (Å²) in [5.41, 5.74) is 0. The van der Waals surface area contributed by atoms with Crippen molar-refractivity contribution in [3.63, 3.8) is 0 Å². The normalized spacial score (nSPS) is 26.3. The lowest BCUT2D eigenvalue weighted by Gasteiger charge is -2.20. The van der Waals surface area contributed by atoms with Gasteiger partial charge in [0.25, 0.3) is 0 Å². The summed E-state index contributed by atoms with van der Waals surface area (Å²) >= 11 is 4.29. The van der Waals surface area contributed by atoms with Crippen molar-refractivity contribution in [3.8, 4) is 0 Å². The van der Waals surface area contributed by atoms with Crippen LogP contribution in [0.3, 0.4) is 0 Å². The van der Waals surface area contributed by atoms with Crippen LogP contribution in [0, 0.1) is 11.8 Å². The van der Waals surface area contributed by atoms with Gasteiger partial charge in [-0.25, -0.2) is 0 Å². The van der Waals surface area contributed by atoms with Crippen LogP contribution in [0.1, 0.15) is 33.1 Å². The predicted molar refractivity (Wildman–Crippen MR) is 62.5 cm³/mol. The lowest BCUT2D eigenvalue weighted by atomic mass is 9.89. The maximum atomic E-state index is 4.29. The largest absolute Gasteiger partial charge is 0.303 e. The molecule has 0 radical (unpaired) electrons. The van der Waals surface area contributed by atoms with E-state index < -0.39 is 0 Å². The Labute approximate surface area is 88.3 Å². The van der Waals surface area contributed by atoms with Gasteiger partial charge in [0.2, 0.25) is 0 Å². The smallest absolute Gasteiger partial charge is 0.00698 e. The van der Waals surface area contributed by atoms with Crippen LogP contribution in [0.15, 0.2) is 0 Å². The molecule has 1 unspecified atom stereocenters. The van der Waals surface area contributed by atoms with Crippen LogP contribution in [0.5, 0.6) is 0 Å². The molecule has 0 aliphatic carbocycles. The Hall–Kier alpha value is 0.310. The minimum Gasteiger partial charge on any atom is -0.303 e. The Morgan fingerprint density at radius 2 is 2.08 bits per heavy atom. The molecule has 1 rings (SSSR count). The predicted octanol–water partition coefficient (Wildman–Crippen LogP) is 2.67. The lowest BCUT2D eigenvalue weighted by Crippen LogP contribution is -2.27. The van der Waals surface area contributed by atoms with E-state index in [2.05, 4.69) is 31.4 Å². The van der Waals surface area contributed by atoms with E-state index >= 15 is 0 Å². The Morgan fingerprint density at radius 1 is 1.31 bits per heavy atom. The van der Waals surface area contributed by atoms with Crippen LogP contribution >= 0.6 is 12.6 Å². The lowest BCUT2D eigenvalue weighted by molar-refractivity contribution is 0.286. The highest BCUT2D eigenvalue weighted by atomic mass is 32.1. The fourth-order valence-electron chi connectivity index (χ4n) is 2.21. The van der Waals surface area contributed by atoms with Crippen LogP contribution in [-0.4, -0.2) is 30.3 Å². The molecule has 78 valence electrons.